The molecular formula is C16H24N4O2. The van der Waals surface area contributed by atoms with Gasteiger partial charge in [0.2, 0.25) is 0 Å². The molecule has 0 radical (unpaired) electrons. The maximum atomic E-state index is 12.3. The number of aryl methyl sites for hydroxylation is 1. The van der Waals surface area contributed by atoms with Crippen LogP contribution in [0.5, 0.6) is 0 Å². The number of nitrogens with one attached hydrogen (secondary N) is 1. The predicted octanol–water partition coefficient (Wildman–Crippen LogP) is 1.07. The van der Waals surface area contributed by atoms with Gasteiger partial charge in [0.25, 0.3) is 0 Å². The number of rotatable bonds is 2. The number of likely N-dealkylation sites (tertiary alicyclic amines) is 1. The normalized spacial score (nSPS) is 16.3. The van der Waals surface area contributed by atoms with E-state index in [1.165, 1.54) is 0 Å². The van der Waals surface area contributed by atoms with Gasteiger partial charge in [0, 0.05) is 13.1 Å². The summed E-state index contributed by atoms with van der Waals surface area (Å²) in [5, 5.41) is 2.60. The lowest BCUT2D eigenvalue weighted by Gasteiger charge is -2.34. The minimum atomic E-state index is -0.642. The molecule has 1 heterocycles. The number of likely N-dealkylation sites (N-methyl/N-ethyl adjacent to an activating group) is 1. The Balaban J connectivity index is 1.98. The topological polar surface area (TPSA) is 78.7 Å². The predicted molar refractivity (Wildman–Crippen MR) is 87.5 cm³/mol. The first-order valence-corrected chi connectivity index (χ1v) is 7.51. The maximum absolute atomic E-state index is 12.3. The van der Waals surface area contributed by atoms with Gasteiger partial charge in [0.15, 0.2) is 0 Å². The molecule has 1 aliphatic heterocycles. The lowest BCUT2D eigenvalue weighted by Crippen LogP contribution is -2.47. The van der Waals surface area contributed by atoms with E-state index in [1.807, 2.05) is 13.0 Å². The van der Waals surface area contributed by atoms with E-state index in [4.69, 9.17) is 5.73 Å². The first-order chi connectivity index (χ1) is 10.4. The van der Waals surface area contributed by atoms with E-state index in [9.17, 15) is 9.59 Å². The Kier molecular flexibility index (Phi) is 5.03. The zero-order valence-corrected chi connectivity index (χ0v) is 13.4. The Morgan fingerprint density at radius 1 is 1.32 bits per heavy atom. The number of piperidine rings is 1. The van der Waals surface area contributed by atoms with E-state index in [1.54, 1.807) is 24.1 Å². The van der Waals surface area contributed by atoms with Gasteiger partial charge < -0.3 is 20.9 Å². The van der Waals surface area contributed by atoms with Gasteiger partial charge >= 0.3 is 11.8 Å². The number of hydrogen-bond donors (Lipinski definition) is 2. The van der Waals surface area contributed by atoms with Gasteiger partial charge in [-0.2, -0.15) is 0 Å². The van der Waals surface area contributed by atoms with Gasteiger partial charge in [-0.1, -0.05) is 6.07 Å². The van der Waals surface area contributed by atoms with Crippen molar-refractivity contribution in [3.63, 3.8) is 0 Å². The fraction of sp³-hybridized carbons (Fsp3) is 0.500. The first kappa shape index (κ1) is 16.3. The summed E-state index contributed by atoms with van der Waals surface area (Å²) in [6.45, 7) is 3.80. The van der Waals surface area contributed by atoms with Crippen molar-refractivity contribution in [2.75, 3.05) is 38.2 Å². The largest absolute Gasteiger partial charge is 0.397 e. The highest BCUT2D eigenvalue weighted by Gasteiger charge is 2.28. The van der Waals surface area contributed by atoms with Crippen LogP contribution in [0, 0.1) is 6.92 Å². The van der Waals surface area contributed by atoms with Crippen LogP contribution in [-0.4, -0.2) is 54.8 Å². The number of carbonyl (C=O) groups is 2. The van der Waals surface area contributed by atoms with Gasteiger partial charge in [-0.25, -0.2) is 0 Å². The molecule has 0 unspecified atom stereocenters. The van der Waals surface area contributed by atoms with Crippen molar-refractivity contribution in [3.8, 4) is 0 Å². The third kappa shape index (κ3) is 3.76. The second-order valence-electron chi connectivity index (χ2n) is 6.00. The molecular weight excluding hydrogens is 280 g/mol. The molecule has 0 aliphatic carbocycles. The number of anilines is 2. The van der Waals surface area contributed by atoms with Crippen molar-refractivity contribution in [3.05, 3.63) is 23.8 Å². The van der Waals surface area contributed by atoms with E-state index in [-0.39, 0.29) is 6.04 Å². The van der Waals surface area contributed by atoms with E-state index < -0.39 is 11.8 Å². The molecule has 0 aromatic heterocycles. The van der Waals surface area contributed by atoms with E-state index in [0.717, 1.165) is 31.5 Å². The monoisotopic (exact) mass is 304 g/mol. The fourth-order valence-corrected chi connectivity index (χ4v) is 2.68. The van der Waals surface area contributed by atoms with Crippen molar-refractivity contribution < 1.29 is 9.59 Å². The van der Waals surface area contributed by atoms with Crippen LogP contribution in [0.25, 0.3) is 0 Å². The van der Waals surface area contributed by atoms with Gasteiger partial charge in [0.05, 0.1) is 11.4 Å². The Hall–Kier alpha value is -2.08. The Morgan fingerprint density at radius 3 is 2.55 bits per heavy atom. The van der Waals surface area contributed by atoms with Crippen LogP contribution in [0.1, 0.15) is 18.4 Å². The quantitative estimate of drug-likeness (QED) is 0.633. The first-order valence-electron chi connectivity index (χ1n) is 7.51. The van der Waals surface area contributed by atoms with Crippen molar-refractivity contribution in [2.45, 2.75) is 25.8 Å². The number of carbonyl (C=O) groups excluding carboxylic acids is 2. The molecule has 1 aromatic carbocycles. The van der Waals surface area contributed by atoms with Crippen LogP contribution < -0.4 is 11.1 Å². The molecule has 0 saturated carbocycles. The molecule has 6 nitrogen and oxygen atoms in total. The molecule has 2 amide bonds. The SMILES string of the molecule is Cc1ccc(NC(=O)C(=O)N(C)C2CCN(C)CC2)c(N)c1. The summed E-state index contributed by atoms with van der Waals surface area (Å²) in [5.41, 5.74) is 7.80. The molecule has 6 heteroatoms. The Morgan fingerprint density at radius 2 is 1.95 bits per heavy atom. The highest BCUT2D eigenvalue weighted by Crippen LogP contribution is 2.20. The summed E-state index contributed by atoms with van der Waals surface area (Å²) in [4.78, 5) is 28.2. The van der Waals surface area contributed by atoms with Crippen LogP contribution in [0.3, 0.4) is 0 Å². The van der Waals surface area contributed by atoms with Crippen molar-refractivity contribution in [2.24, 2.45) is 0 Å². The molecule has 1 saturated heterocycles. The highest BCUT2D eigenvalue weighted by molar-refractivity contribution is 6.39. The second kappa shape index (κ2) is 6.79. The van der Waals surface area contributed by atoms with Gasteiger partial charge in [0.1, 0.15) is 0 Å². The summed E-state index contributed by atoms with van der Waals surface area (Å²) in [5.74, 6) is -1.16. The van der Waals surface area contributed by atoms with Crippen LogP contribution in [0.4, 0.5) is 11.4 Å². The minimum absolute atomic E-state index is 0.116. The summed E-state index contributed by atoms with van der Waals surface area (Å²) >= 11 is 0. The standard InChI is InChI=1S/C16H24N4O2/c1-11-4-5-14(13(17)10-11)18-15(21)16(22)20(3)12-6-8-19(2)9-7-12/h4-5,10,12H,6-9,17H2,1-3H3,(H,18,21). The second-order valence-corrected chi connectivity index (χ2v) is 6.00. The fourth-order valence-electron chi connectivity index (χ4n) is 2.68. The van der Waals surface area contributed by atoms with E-state index >= 15 is 0 Å². The smallest absolute Gasteiger partial charge is 0.313 e. The molecule has 1 aliphatic rings. The van der Waals surface area contributed by atoms with Crippen LogP contribution in [0.2, 0.25) is 0 Å². The van der Waals surface area contributed by atoms with Gasteiger partial charge in [-0.3, -0.25) is 9.59 Å². The molecule has 22 heavy (non-hydrogen) atoms. The molecule has 1 fully saturated rings. The zero-order valence-electron chi connectivity index (χ0n) is 13.4. The summed E-state index contributed by atoms with van der Waals surface area (Å²) in [6.07, 6.45) is 1.78. The summed E-state index contributed by atoms with van der Waals surface area (Å²) in [7, 11) is 3.75. The molecule has 2 rings (SSSR count). The van der Waals surface area contributed by atoms with Crippen molar-refractivity contribution in [1.29, 1.82) is 0 Å². The van der Waals surface area contributed by atoms with E-state index in [2.05, 4.69) is 17.3 Å². The summed E-state index contributed by atoms with van der Waals surface area (Å²) < 4.78 is 0. The molecule has 0 bridgehead atoms. The lowest BCUT2D eigenvalue weighted by molar-refractivity contribution is -0.144. The molecule has 120 valence electrons. The van der Waals surface area contributed by atoms with Crippen LogP contribution in [0.15, 0.2) is 18.2 Å². The number of amides is 2. The van der Waals surface area contributed by atoms with Crippen molar-refractivity contribution in [1.82, 2.24) is 9.80 Å². The Bertz CT molecular complexity index is 565. The minimum Gasteiger partial charge on any atom is -0.397 e. The Labute approximate surface area is 131 Å². The number of nitrogens with two attached hydrogens (primary N) is 1. The lowest BCUT2D eigenvalue weighted by atomic mass is 10.0. The van der Waals surface area contributed by atoms with Gasteiger partial charge in [-0.05, 0) is 57.6 Å². The molecule has 1 aromatic rings. The summed E-state index contributed by atoms with van der Waals surface area (Å²) in [6, 6.07) is 5.44. The zero-order chi connectivity index (χ0) is 16.3. The van der Waals surface area contributed by atoms with Gasteiger partial charge in [-0.15, -0.1) is 0 Å². The average Bonchev–Trinajstić information content (AvgIpc) is 2.49. The molecule has 0 spiro atoms. The maximum Gasteiger partial charge on any atom is 0.313 e. The van der Waals surface area contributed by atoms with Crippen LogP contribution >= 0.6 is 0 Å². The van der Waals surface area contributed by atoms with E-state index in [0.29, 0.717) is 11.4 Å². The molecule has 0 atom stereocenters. The third-order valence-electron chi connectivity index (χ3n) is 4.21. The third-order valence-corrected chi connectivity index (χ3v) is 4.21. The number of nitrogens with zero attached hydrogens (tertiary/aromatic N) is 2. The highest BCUT2D eigenvalue weighted by atomic mass is 16.2. The number of benzene rings is 1. The van der Waals surface area contributed by atoms with Crippen molar-refractivity contribution >= 4 is 23.2 Å². The average molecular weight is 304 g/mol. The number of nitrogen functional groups attached to an aromatic ring is 1. The molecule has 3 N–H and O–H groups in total. The van der Waals surface area contributed by atoms with Crippen LogP contribution in [-0.2, 0) is 9.59 Å². The number of hydrogen-bond acceptors (Lipinski definition) is 4.